The lowest BCUT2D eigenvalue weighted by Crippen LogP contribution is -2.39. The van der Waals surface area contributed by atoms with Gasteiger partial charge in [-0.2, -0.15) is 5.26 Å². The van der Waals surface area contributed by atoms with Crippen LogP contribution in [0.1, 0.15) is 45.8 Å². The quantitative estimate of drug-likeness (QED) is 0.564. The number of aromatic nitrogens is 1. The average Bonchev–Trinajstić information content (AvgIpc) is 2.85. The van der Waals surface area contributed by atoms with E-state index < -0.39 is 5.56 Å². The van der Waals surface area contributed by atoms with Crippen LogP contribution in [0.3, 0.4) is 0 Å². The van der Waals surface area contributed by atoms with Crippen LogP contribution in [-0.4, -0.2) is 28.5 Å². The third-order valence-electron chi connectivity index (χ3n) is 6.23. The molecule has 2 heterocycles. The lowest BCUT2D eigenvalue weighted by molar-refractivity contribution is 0.0713. The first-order chi connectivity index (χ1) is 16.3. The van der Waals surface area contributed by atoms with Gasteiger partial charge in [-0.05, 0) is 61.1 Å². The summed E-state index contributed by atoms with van der Waals surface area (Å²) in [6.45, 7) is 2.92. The number of nitrogens with zero attached hydrogens (tertiary/aromatic N) is 3. The number of halogens is 2. The molecule has 174 valence electrons. The highest BCUT2D eigenvalue weighted by molar-refractivity contribution is 6.34. The molecule has 1 saturated heterocycles. The van der Waals surface area contributed by atoms with E-state index in [4.69, 9.17) is 11.6 Å². The Morgan fingerprint density at radius 3 is 2.50 bits per heavy atom. The summed E-state index contributed by atoms with van der Waals surface area (Å²) < 4.78 is 14.5. The van der Waals surface area contributed by atoms with Crippen LogP contribution in [0.4, 0.5) is 15.8 Å². The predicted octanol–water partition coefficient (Wildman–Crippen LogP) is 5.12. The number of rotatable bonds is 4. The fourth-order valence-corrected chi connectivity index (χ4v) is 4.58. The first-order valence-corrected chi connectivity index (χ1v) is 11.4. The van der Waals surface area contributed by atoms with Gasteiger partial charge < -0.3 is 14.8 Å². The monoisotopic (exact) mass is 478 g/mol. The van der Waals surface area contributed by atoms with Crippen LogP contribution in [0.2, 0.25) is 5.02 Å². The molecular weight excluding hydrogens is 455 g/mol. The third-order valence-corrected chi connectivity index (χ3v) is 6.58. The molecule has 1 aliphatic heterocycles. The Morgan fingerprint density at radius 1 is 1.18 bits per heavy atom. The molecule has 0 atom stereocenters. The minimum Gasteiger partial charge on any atom is -0.352 e. The maximum Gasteiger partial charge on any atom is 0.271 e. The molecule has 6 nitrogen and oxygen atoms in total. The Balaban J connectivity index is 1.61. The minimum absolute atomic E-state index is 0.112. The van der Waals surface area contributed by atoms with Gasteiger partial charge in [0, 0.05) is 26.3 Å². The van der Waals surface area contributed by atoms with Crippen molar-refractivity contribution in [1.82, 2.24) is 9.47 Å². The zero-order valence-corrected chi connectivity index (χ0v) is 19.7. The Kier molecular flexibility index (Phi) is 6.71. The zero-order chi connectivity index (χ0) is 24.4. The van der Waals surface area contributed by atoms with Gasteiger partial charge in [0.15, 0.2) is 0 Å². The van der Waals surface area contributed by atoms with Crippen LogP contribution >= 0.6 is 11.6 Å². The van der Waals surface area contributed by atoms with Crippen molar-refractivity contribution in [2.75, 3.05) is 18.4 Å². The van der Waals surface area contributed by atoms with Gasteiger partial charge in [0.1, 0.15) is 16.9 Å². The molecule has 1 fully saturated rings. The first kappa shape index (κ1) is 23.5. The fourth-order valence-electron chi connectivity index (χ4n) is 4.30. The normalized spacial score (nSPS) is 14.0. The summed E-state index contributed by atoms with van der Waals surface area (Å²) >= 11 is 6.40. The van der Waals surface area contributed by atoms with Crippen molar-refractivity contribution in [3.63, 3.8) is 0 Å². The van der Waals surface area contributed by atoms with Crippen LogP contribution in [0.5, 0.6) is 0 Å². The van der Waals surface area contributed by atoms with Gasteiger partial charge >= 0.3 is 0 Å². The van der Waals surface area contributed by atoms with E-state index in [2.05, 4.69) is 11.4 Å². The summed E-state index contributed by atoms with van der Waals surface area (Å²) in [4.78, 5) is 27.8. The van der Waals surface area contributed by atoms with Gasteiger partial charge in [-0.25, -0.2) is 4.39 Å². The molecule has 8 heteroatoms. The molecule has 34 heavy (non-hydrogen) atoms. The number of anilines is 2. The molecule has 0 aliphatic carbocycles. The molecule has 3 aromatic rings. The molecule has 0 bridgehead atoms. The summed E-state index contributed by atoms with van der Waals surface area (Å²) in [6, 6.07) is 13.9. The summed E-state index contributed by atoms with van der Waals surface area (Å²) in [5, 5.41) is 12.5. The van der Waals surface area contributed by atoms with Crippen molar-refractivity contribution in [3.8, 4) is 6.07 Å². The number of hydrogen-bond donors (Lipinski definition) is 1. The first-order valence-electron chi connectivity index (χ1n) is 11.0. The molecular formula is C26H24ClFN4O2. The van der Waals surface area contributed by atoms with Crippen LogP contribution in [0.25, 0.3) is 0 Å². The van der Waals surface area contributed by atoms with Gasteiger partial charge in [-0.15, -0.1) is 0 Å². The van der Waals surface area contributed by atoms with Crippen molar-refractivity contribution in [2.24, 2.45) is 7.05 Å². The topological polar surface area (TPSA) is 78.1 Å². The number of aryl methyl sites for hydroxylation is 2. The highest BCUT2D eigenvalue weighted by Crippen LogP contribution is 2.32. The number of pyridine rings is 1. The number of nitrogens with one attached hydrogen (secondary N) is 1. The van der Waals surface area contributed by atoms with Crippen molar-refractivity contribution in [1.29, 1.82) is 5.26 Å². The number of carbonyl (C=O) groups excluding carboxylic acids is 1. The Labute approximate surface area is 202 Å². The van der Waals surface area contributed by atoms with E-state index in [9.17, 15) is 19.2 Å². The fraction of sp³-hybridized carbons (Fsp3) is 0.269. The van der Waals surface area contributed by atoms with Crippen LogP contribution < -0.4 is 10.9 Å². The second kappa shape index (κ2) is 9.70. The maximum absolute atomic E-state index is 13.5. The molecule has 2 aromatic carbocycles. The second-order valence-electron chi connectivity index (χ2n) is 8.55. The Hall–Kier alpha value is -3.63. The van der Waals surface area contributed by atoms with Gasteiger partial charge in [0.05, 0.1) is 22.5 Å². The highest BCUT2D eigenvalue weighted by atomic mass is 35.5. The number of benzene rings is 2. The lowest BCUT2D eigenvalue weighted by Gasteiger charge is -2.33. The SMILES string of the molecule is Cc1ccc(Nc2c(C(=O)N3CCC(c4ccc(F)cc4)CC3)cn(C)c(=O)c2Cl)c(C#N)c1. The average molecular weight is 479 g/mol. The number of nitriles is 1. The Morgan fingerprint density at radius 2 is 1.85 bits per heavy atom. The van der Waals surface area contributed by atoms with Gasteiger partial charge in [0.25, 0.3) is 11.5 Å². The number of hydrogen-bond acceptors (Lipinski definition) is 4. The van der Waals surface area contributed by atoms with Crippen LogP contribution in [0, 0.1) is 24.1 Å². The van der Waals surface area contributed by atoms with Gasteiger partial charge in [-0.1, -0.05) is 29.8 Å². The molecule has 1 amide bonds. The molecule has 0 unspecified atom stereocenters. The summed E-state index contributed by atoms with van der Waals surface area (Å²) in [5.41, 5.74) is 2.83. The largest absolute Gasteiger partial charge is 0.352 e. The smallest absolute Gasteiger partial charge is 0.271 e. The number of piperidine rings is 1. The van der Waals surface area contributed by atoms with Gasteiger partial charge in [0.2, 0.25) is 0 Å². The minimum atomic E-state index is -0.443. The standard InChI is InChI=1S/C26H24ClFN4O2/c1-16-3-8-22(19(13-16)14-29)30-24-21(15-31(2)26(34)23(24)27)25(33)32-11-9-18(10-12-32)17-4-6-20(28)7-5-17/h3-8,13,15,18,30H,9-12H2,1-2H3. The molecule has 1 aliphatic rings. The molecule has 0 radical (unpaired) electrons. The maximum atomic E-state index is 13.5. The molecule has 4 rings (SSSR count). The van der Waals surface area contributed by atoms with Crippen molar-refractivity contribution >= 4 is 28.9 Å². The number of amides is 1. The van der Waals surface area contributed by atoms with Gasteiger partial charge in [-0.3, -0.25) is 9.59 Å². The number of likely N-dealkylation sites (tertiary alicyclic amines) is 1. The highest BCUT2D eigenvalue weighted by Gasteiger charge is 2.28. The summed E-state index contributed by atoms with van der Waals surface area (Å²) in [7, 11) is 1.54. The second-order valence-corrected chi connectivity index (χ2v) is 8.93. The van der Waals surface area contributed by atoms with E-state index in [1.165, 1.54) is 22.9 Å². The van der Waals surface area contributed by atoms with E-state index in [0.717, 1.165) is 24.0 Å². The van der Waals surface area contributed by atoms with Crippen molar-refractivity contribution in [3.05, 3.63) is 92.1 Å². The molecule has 0 spiro atoms. The third kappa shape index (κ3) is 4.68. The van der Waals surface area contributed by atoms with E-state index in [1.807, 2.05) is 13.0 Å². The van der Waals surface area contributed by atoms with Crippen LogP contribution in [-0.2, 0) is 7.05 Å². The summed E-state index contributed by atoms with van der Waals surface area (Å²) in [6.07, 6.45) is 2.97. The van der Waals surface area contributed by atoms with E-state index in [1.54, 1.807) is 36.2 Å². The number of carbonyl (C=O) groups is 1. The molecule has 0 saturated carbocycles. The van der Waals surface area contributed by atoms with E-state index >= 15 is 0 Å². The zero-order valence-electron chi connectivity index (χ0n) is 18.9. The Bertz CT molecular complexity index is 1340. The van der Waals surface area contributed by atoms with E-state index in [0.29, 0.717) is 24.3 Å². The lowest BCUT2D eigenvalue weighted by atomic mass is 9.89. The van der Waals surface area contributed by atoms with Crippen LogP contribution in [0.15, 0.2) is 53.5 Å². The molecule has 1 aromatic heterocycles. The van der Waals surface area contributed by atoms with E-state index in [-0.39, 0.29) is 33.9 Å². The molecule has 1 N–H and O–H groups in total. The predicted molar refractivity (Wildman–Crippen MR) is 130 cm³/mol. The van der Waals surface area contributed by atoms with Crippen molar-refractivity contribution < 1.29 is 9.18 Å². The van der Waals surface area contributed by atoms with Crippen molar-refractivity contribution in [2.45, 2.75) is 25.7 Å². The summed E-state index contributed by atoms with van der Waals surface area (Å²) in [5.74, 6) is -0.268.